The Morgan fingerprint density at radius 3 is 2.53 bits per heavy atom. The lowest BCUT2D eigenvalue weighted by Crippen LogP contribution is -2.34. The molecule has 0 aliphatic carbocycles. The molecule has 0 bridgehead atoms. The second-order valence-electron chi connectivity index (χ2n) is 4.74. The monoisotopic (exact) mass is 260 g/mol. The molecule has 1 saturated heterocycles. The van der Waals surface area contributed by atoms with E-state index in [4.69, 9.17) is 4.52 Å². The first-order chi connectivity index (χ1) is 7.74. The number of sulfonamides is 1. The maximum Gasteiger partial charge on any atom is 0.248 e. The van der Waals surface area contributed by atoms with Crippen LogP contribution in [0.5, 0.6) is 0 Å². The molecule has 1 aromatic rings. The van der Waals surface area contributed by atoms with E-state index in [1.165, 1.54) is 4.31 Å². The van der Waals surface area contributed by atoms with Gasteiger partial charge < -0.3 is 9.63 Å². The fourth-order valence-corrected chi connectivity index (χ4v) is 3.93. The molecular weight excluding hydrogens is 244 g/mol. The van der Waals surface area contributed by atoms with Gasteiger partial charge in [-0.15, -0.1) is 0 Å². The summed E-state index contributed by atoms with van der Waals surface area (Å²) in [5, 5.41) is 13.5. The van der Waals surface area contributed by atoms with E-state index in [0.717, 1.165) is 0 Å². The summed E-state index contributed by atoms with van der Waals surface area (Å²) in [6.45, 7) is 5.23. The van der Waals surface area contributed by atoms with Crippen LogP contribution in [-0.2, 0) is 10.0 Å². The lowest BCUT2D eigenvalue weighted by molar-refractivity contribution is 0.0762. The average Bonchev–Trinajstić information content (AvgIpc) is 2.70. The Labute approximate surface area is 100 Å². The number of nitrogens with zero attached hydrogens (tertiary/aromatic N) is 2. The van der Waals surface area contributed by atoms with Crippen molar-refractivity contribution >= 4 is 10.0 Å². The Balaban J connectivity index is 2.39. The van der Waals surface area contributed by atoms with Crippen molar-refractivity contribution in [2.24, 2.45) is 0 Å². The topological polar surface area (TPSA) is 83.6 Å². The first-order valence-corrected chi connectivity index (χ1v) is 6.83. The van der Waals surface area contributed by atoms with Crippen molar-refractivity contribution in [3.63, 3.8) is 0 Å². The van der Waals surface area contributed by atoms with E-state index in [9.17, 15) is 13.5 Å². The Bertz CT molecular complexity index is 513. The summed E-state index contributed by atoms with van der Waals surface area (Å²) < 4.78 is 30.8. The Hall–Kier alpha value is -0.920. The van der Waals surface area contributed by atoms with Crippen LogP contribution in [0.4, 0.5) is 0 Å². The fraction of sp³-hybridized carbons (Fsp3) is 0.700. The van der Waals surface area contributed by atoms with Crippen LogP contribution in [0.1, 0.15) is 24.8 Å². The molecule has 2 rings (SSSR count). The molecule has 0 aromatic carbocycles. The minimum Gasteiger partial charge on any atom is -0.389 e. The highest BCUT2D eigenvalue weighted by Crippen LogP contribution is 2.29. The molecular formula is C10H16N2O4S. The fourth-order valence-electron chi connectivity index (χ4n) is 2.08. The summed E-state index contributed by atoms with van der Waals surface area (Å²) in [6, 6.07) is 0. The standard InChI is InChI=1S/C10H16N2O4S/c1-7-9(8(2)16-11-7)17(14,15)12-5-4-10(3,13)6-12/h13H,4-6H2,1-3H3. The van der Waals surface area contributed by atoms with Gasteiger partial charge in [-0.25, -0.2) is 8.42 Å². The van der Waals surface area contributed by atoms with Gasteiger partial charge in [0.05, 0.1) is 5.60 Å². The third-order valence-corrected chi connectivity index (χ3v) is 5.07. The third-order valence-electron chi connectivity index (χ3n) is 2.98. The van der Waals surface area contributed by atoms with Crippen molar-refractivity contribution in [2.75, 3.05) is 13.1 Å². The number of aryl methyl sites for hydroxylation is 2. The van der Waals surface area contributed by atoms with E-state index in [1.807, 2.05) is 0 Å². The third kappa shape index (κ3) is 2.10. The smallest absolute Gasteiger partial charge is 0.248 e. The number of aromatic nitrogens is 1. The Morgan fingerprint density at radius 1 is 1.47 bits per heavy atom. The number of aliphatic hydroxyl groups is 1. The SMILES string of the molecule is Cc1noc(C)c1S(=O)(=O)N1CCC(C)(O)C1. The highest BCUT2D eigenvalue weighted by Gasteiger charge is 2.40. The quantitative estimate of drug-likeness (QED) is 0.834. The highest BCUT2D eigenvalue weighted by molar-refractivity contribution is 7.89. The normalized spacial score (nSPS) is 26.6. The molecule has 7 heteroatoms. The van der Waals surface area contributed by atoms with Crippen LogP contribution in [0.2, 0.25) is 0 Å². The molecule has 2 heterocycles. The first kappa shape index (κ1) is 12.5. The maximum atomic E-state index is 12.3. The van der Waals surface area contributed by atoms with E-state index >= 15 is 0 Å². The molecule has 1 aliphatic heterocycles. The molecule has 1 N–H and O–H groups in total. The van der Waals surface area contributed by atoms with Crippen LogP contribution >= 0.6 is 0 Å². The summed E-state index contributed by atoms with van der Waals surface area (Å²) in [5.41, 5.74) is -0.597. The van der Waals surface area contributed by atoms with E-state index in [1.54, 1.807) is 20.8 Å². The minimum absolute atomic E-state index is 0.111. The molecule has 96 valence electrons. The van der Waals surface area contributed by atoms with Gasteiger partial charge in [0.15, 0.2) is 5.76 Å². The van der Waals surface area contributed by atoms with Gasteiger partial charge in [-0.1, -0.05) is 5.16 Å². The molecule has 1 atom stereocenters. The van der Waals surface area contributed by atoms with Gasteiger partial charge in [0.1, 0.15) is 10.6 Å². The first-order valence-electron chi connectivity index (χ1n) is 5.39. The number of hydrogen-bond donors (Lipinski definition) is 1. The lowest BCUT2D eigenvalue weighted by atomic mass is 10.1. The van der Waals surface area contributed by atoms with Crippen molar-refractivity contribution in [3.05, 3.63) is 11.5 Å². The van der Waals surface area contributed by atoms with Crippen LogP contribution in [0.3, 0.4) is 0 Å². The summed E-state index contributed by atoms with van der Waals surface area (Å²) in [5.74, 6) is 0.286. The van der Waals surface area contributed by atoms with Gasteiger partial charge in [-0.05, 0) is 27.2 Å². The summed E-state index contributed by atoms with van der Waals surface area (Å²) in [4.78, 5) is 0.121. The zero-order chi connectivity index (χ0) is 12.8. The van der Waals surface area contributed by atoms with Gasteiger partial charge in [0.2, 0.25) is 10.0 Å². The lowest BCUT2D eigenvalue weighted by Gasteiger charge is -2.18. The van der Waals surface area contributed by atoms with Crippen LogP contribution < -0.4 is 0 Å². The second-order valence-corrected chi connectivity index (χ2v) is 6.61. The van der Waals surface area contributed by atoms with Crippen molar-refractivity contribution in [2.45, 2.75) is 37.7 Å². The van der Waals surface area contributed by atoms with E-state index in [0.29, 0.717) is 18.7 Å². The average molecular weight is 260 g/mol. The molecule has 0 saturated carbocycles. The van der Waals surface area contributed by atoms with Gasteiger partial charge in [0.25, 0.3) is 0 Å². The van der Waals surface area contributed by atoms with Crippen molar-refractivity contribution in [1.82, 2.24) is 9.46 Å². The van der Waals surface area contributed by atoms with E-state index < -0.39 is 15.6 Å². The summed E-state index contributed by atoms with van der Waals surface area (Å²) in [6.07, 6.45) is 0.440. The maximum absolute atomic E-state index is 12.3. The largest absolute Gasteiger partial charge is 0.389 e. The number of β-amino-alcohol motifs (C(OH)–C–C–N with tert-alkyl or cyclic N) is 1. The number of hydrogen-bond acceptors (Lipinski definition) is 5. The van der Waals surface area contributed by atoms with Gasteiger partial charge in [0, 0.05) is 13.1 Å². The van der Waals surface area contributed by atoms with Gasteiger partial charge in [-0.2, -0.15) is 4.31 Å². The summed E-state index contributed by atoms with van der Waals surface area (Å²) in [7, 11) is -3.61. The molecule has 6 nitrogen and oxygen atoms in total. The molecule has 17 heavy (non-hydrogen) atoms. The molecule has 1 fully saturated rings. The summed E-state index contributed by atoms with van der Waals surface area (Å²) >= 11 is 0. The second kappa shape index (κ2) is 3.79. The predicted octanol–water partition coefficient (Wildman–Crippen LogP) is 0.437. The minimum atomic E-state index is -3.61. The van der Waals surface area contributed by atoms with Crippen LogP contribution in [0, 0.1) is 13.8 Å². The Morgan fingerprint density at radius 2 is 2.12 bits per heavy atom. The van der Waals surface area contributed by atoms with Gasteiger partial charge in [-0.3, -0.25) is 0 Å². The molecule has 1 unspecified atom stereocenters. The van der Waals surface area contributed by atoms with Gasteiger partial charge >= 0.3 is 0 Å². The van der Waals surface area contributed by atoms with Crippen LogP contribution in [-0.4, -0.2) is 41.7 Å². The van der Waals surface area contributed by atoms with E-state index in [2.05, 4.69) is 5.16 Å². The molecule has 0 amide bonds. The predicted molar refractivity (Wildman–Crippen MR) is 60.0 cm³/mol. The zero-order valence-electron chi connectivity index (χ0n) is 10.1. The number of rotatable bonds is 2. The van der Waals surface area contributed by atoms with Crippen LogP contribution in [0.25, 0.3) is 0 Å². The van der Waals surface area contributed by atoms with E-state index in [-0.39, 0.29) is 17.2 Å². The molecule has 0 radical (unpaired) electrons. The molecule has 1 aromatic heterocycles. The Kier molecular flexibility index (Phi) is 2.80. The molecule has 0 spiro atoms. The van der Waals surface area contributed by atoms with Crippen molar-refractivity contribution < 1.29 is 18.0 Å². The highest BCUT2D eigenvalue weighted by atomic mass is 32.2. The van der Waals surface area contributed by atoms with Crippen molar-refractivity contribution in [1.29, 1.82) is 0 Å². The van der Waals surface area contributed by atoms with Crippen LogP contribution in [0.15, 0.2) is 9.42 Å². The van der Waals surface area contributed by atoms with Crippen molar-refractivity contribution in [3.8, 4) is 0 Å². The zero-order valence-corrected chi connectivity index (χ0v) is 10.9. The molecule has 1 aliphatic rings.